The molecule has 0 saturated carbocycles. The van der Waals surface area contributed by atoms with Gasteiger partial charge in [-0.05, 0) is 56.8 Å². The molecule has 2 N–H and O–H groups in total. The average molecular weight is 413 g/mol. The van der Waals surface area contributed by atoms with Gasteiger partial charge in [0.15, 0.2) is 5.96 Å². The number of likely N-dealkylation sites (tertiary alicyclic amines) is 1. The van der Waals surface area contributed by atoms with E-state index in [1.807, 2.05) is 49.5 Å². The Morgan fingerprint density at radius 3 is 2.70 bits per heavy atom. The lowest BCUT2D eigenvalue weighted by molar-refractivity contribution is 0.196. The van der Waals surface area contributed by atoms with Crippen LogP contribution in [0, 0.1) is 5.82 Å². The van der Waals surface area contributed by atoms with Crippen molar-refractivity contribution >= 4 is 5.96 Å². The number of rotatable bonds is 7. The van der Waals surface area contributed by atoms with E-state index in [9.17, 15) is 4.39 Å². The van der Waals surface area contributed by atoms with E-state index in [1.54, 1.807) is 13.1 Å². The summed E-state index contributed by atoms with van der Waals surface area (Å²) in [4.78, 5) is 13.2. The Kier molecular flexibility index (Phi) is 8.16. The van der Waals surface area contributed by atoms with Crippen LogP contribution in [-0.4, -0.2) is 61.0 Å². The van der Waals surface area contributed by atoms with E-state index in [-0.39, 0.29) is 5.82 Å². The average Bonchev–Trinajstić information content (AvgIpc) is 2.75. The number of hydrogen-bond acceptors (Lipinski definition) is 4. The van der Waals surface area contributed by atoms with E-state index in [4.69, 9.17) is 0 Å². The molecule has 6 nitrogen and oxygen atoms in total. The third-order valence-corrected chi connectivity index (χ3v) is 5.32. The Morgan fingerprint density at radius 2 is 2.03 bits per heavy atom. The zero-order valence-corrected chi connectivity index (χ0v) is 18.2. The van der Waals surface area contributed by atoms with Crippen LogP contribution in [0.15, 0.2) is 47.6 Å². The van der Waals surface area contributed by atoms with Crippen LogP contribution in [0.1, 0.15) is 29.7 Å². The highest BCUT2D eigenvalue weighted by atomic mass is 19.1. The number of pyridine rings is 1. The van der Waals surface area contributed by atoms with Gasteiger partial charge in [-0.1, -0.05) is 12.1 Å². The highest BCUT2D eigenvalue weighted by molar-refractivity contribution is 5.79. The number of halogens is 1. The maximum Gasteiger partial charge on any atom is 0.191 e. The number of nitrogens with one attached hydrogen (secondary N) is 2. The van der Waals surface area contributed by atoms with Gasteiger partial charge in [-0.3, -0.25) is 14.9 Å². The zero-order valence-electron chi connectivity index (χ0n) is 18.2. The number of piperidine rings is 1. The third kappa shape index (κ3) is 6.78. The number of aliphatic imine (C=N–C) groups is 1. The van der Waals surface area contributed by atoms with Crippen molar-refractivity contribution in [1.29, 1.82) is 0 Å². The van der Waals surface area contributed by atoms with Crippen LogP contribution in [0.4, 0.5) is 4.39 Å². The van der Waals surface area contributed by atoms with Crippen LogP contribution in [0.5, 0.6) is 0 Å². The molecule has 7 heteroatoms. The van der Waals surface area contributed by atoms with E-state index in [2.05, 4.69) is 31.6 Å². The minimum absolute atomic E-state index is 0.160. The highest BCUT2D eigenvalue weighted by Gasteiger charge is 2.20. The predicted molar refractivity (Wildman–Crippen MR) is 120 cm³/mol. The molecule has 0 radical (unpaired) electrons. The Bertz CT molecular complexity index is 816. The summed E-state index contributed by atoms with van der Waals surface area (Å²) in [5.41, 5.74) is 2.87. The maximum absolute atomic E-state index is 14.0. The van der Waals surface area contributed by atoms with E-state index in [1.165, 1.54) is 0 Å². The summed E-state index contributed by atoms with van der Waals surface area (Å²) < 4.78 is 14.0. The molecule has 1 fully saturated rings. The van der Waals surface area contributed by atoms with Gasteiger partial charge < -0.3 is 15.5 Å². The van der Waals surface area contributed by atoms with Gasteiger partial charge in [0, 0.05) is 57.6 Å². The van der Waals surface area contributed by atoms with Crippen molar-refractivity contribution in [3.8, 4) is 0 Å². The second-order valence-electron chi connectivity index (χ2n) is 8.11. The molecule has 1 aromatic heterocycles. The fourth-order valence-corrected chi connectivity index (χ4v) is 3.73. The molecule has 30 heavy (non-hydrogen) atoms. The van der Waals surface area contributed by atoms with Crippen molar-refractivity contribution in [3.05, 3.63) is 65.2 Å². The van der Waals surface area contributed by atoms with Gasteiger partial charge in [0.25, 0.3) is 0 Å². The monoisotopic (exact) mass is 412 g/mol. The van der Waals surface area contributed by atoms with Gasteiger partial charge in [0.05, 0.1) is 5.69 Å². The van der Waals surface area contributed by atoms with Gasteiger partial charge in [0.2, 0.25) is 0 Å². The SMILES string of the molecule is CN=C(NCc1ccc(F)c(CN(C)C)c1)NC1CCN(Cc2ccccn2)CC1. The van der Waals surface area contributed by atoms with Gasteiger partial charge in [-0.25, -0.2) is 4.39 Å². The molecule has 0 unspecified atom stereocenters. The highest BCUT2D eigenvalue weighted by Crippen LogP contribution is 2.14. The first-order valence-electron chi connectivity index (χ1n) is 10.5. The molecule has 0 aliphatic carbocycles. The molecule has 0 amide bonds. The standard InChI is InChI=1S/C23H33FN6/c1-25-23(27-15-18-7-8-22(24)19(14-18)16-29(2)3)28-20-9-12-30(13-10-20)17-21-6-4-5-11-26-21/h4-8,11,14,20H,9-10,12-13,15-17H2,1-3H3,(H2,25,27,28). The summed E-state index contributed by atoms with van der Waals surface area (Å²) >= 11 is 0. The third-order valence-electron chi connectivity index (χ3n) is 5.32. The first-order valence-corrected chi connectivity index (χ1v) is 10.5. The fraction of sp³-hybridized carbons (Fsp3) is 0.478. The molecule has 0 atom stereocenters. The molecule has 1 aliphatic heterocycles. The Labute approximate surface area is 179 Å². The Balaban J connectivity index is 1.45. The van der Waals surface area contributed by atoms with Gasteiger partial charge in [0.1, 0.15) is 5.82 Å². The van der Waals surface area contributed by atoms with Crippen LogP contribution in [0.3, 0.4) is 0 Å². The smallest absolute Gasteiger partial charge is 0.191 e. The number of nitrogens with zero attached hydrogens (tertiary/aromatic N) is 4. The van der Waals surface area contributed by atoms with Crippen LogP contribution in [0.25, 0.3) is 0 Å². The number of aromatic nitrogens is 1. The molecule has 2 heterocycles. The van der Waals surface area contributed by atoms with Crippen LogP contribution >= 0.6 is 0 Å². The van der Waals surface area contributed by atoms with Crippen molar-refractivity contribution < 1.29 is 4.39 Å². The largest absolute Gasteiger partial charge is 0.354 e. The second-order valence-corrected chi connectivity index (χ2v) is 8.11. The zero-order chi connectivity index (χ0) is 21.3. The summed E-state index contributed by atoms with van der Waals surface area (Å²) in [7, 11) is 5.67. The van der Waals surface area contributed by atoms with Crippen molar-refractivity contribution in [2.45, 2.75) is 38.5 Å². The van der Waals surface area contributed by atoms with Crippen molar-refractivity contribution in [2.75, 3.05) is 34.2 Å². The predicted octanol–water partition coefficient (Wildman–Crippen LogP) is 2.61. The van der Waals surface area contributed by atoms with Crippen LogP contribution in [-0.2, 0) is 19.6 Å². The van der Waals surface area contributed by atoms with Crippen molar-refractivity contribution in [3.63, 3.8) is 0 Å². The Hall–Kier alpha value is -2.51. The van der Waals surface area contributed by atoms with Crippen LogP contribution in [0.2, 0.25) is 0 Å². The molecule has 3 rings (SSSR count). The van der Waals surface area contributed by atoms with Crippen molar-refractivity contribution in [1.82, 2.24) is 25.4 Å². The van der Waals surface area contributed by atoms with Crippen molar-refractivity contribution in [2.24, 2.45) is 4.99 Å². The number of guanidine groups is 1. The van der Waals surface area contributed by atoms with E-state index in [0.29, 0.717) is 24.7 Å². The first-order chi connectivity index (χ1) is 14.5. The number of hydrogen-bond donors (Lipinski definition) is 2. The van der Waals surface area contributed by atoms with Gasteiger partial charge in [-0.2, -0.15) is 0 Å². The lowest BCUT2D eigenvalue weighted by Crippen LogP contribution is -2.48. The Morgan fingerprint density at radius 1 is 1.23 bits per heavy atom. The normalized spacial score (nSPS) is 16.1. The molecule has 0 bridgehead atoms. The molecule has 1 aromatic carbocycles. The molecule has 1 aliphatic rings. The minimum Gasteiger partial charge on any atom is -0.354 e. The lowest BCUT2D eigenvalue weighted by atomic mass is 10.0. The molecule has 0 spiro atoms. The topological polar surface area (TPSA) is 55.8 Å². The van der Waals surface area contributed by atoms with Gasteiger partial charge >= 0.3 is 0 Å². The maximum atomic E-state index is 14.0. The first kappa shape index (κ1) is 22.2. The molecule has 162 valence electrons. The molecule has 1 saturated heterocycles. The van der Waals surface area contributed by atoms with E-state index >= 15 is 0 Å². The lowest BCUT2D eigenvalue weighted by Gasteiger charge is -2.32. The van der Waals surface area contributed by atoms with Crippen LogP contribution < -0.4 is 10.6 Å². The quantitative estimate of drug-likeness (QED) is 0.541. The number of benzene rings is 1. The van der Waals surface area contributed by atoms with E-state index in [0.717, 1.165) is 49.7 Å². The minimum atomic E-state index is -0.160. The summed E-state index contributed by atoms with van der Waals surface area (Å²) in [6.45, 7) is 4.18. The summed E-state index contributed by atoms with van der Waals surface area (Å²) in [6, 6.07) is 11.8. The summed E-state index contributed by atoms with van der Waals surface area (Å²) in [5, 5.41) is 6.90. The van der Waals surface area contributed by atoms with Gasteiger partial charge in [-0.15, -0.1) is 0 Å². The molecular formula is C23H33FN6. The second kappa shape index (κ2) is 11.0. The summed E-state index contributed by atoms with van der Waals surface area (Å²) in [5.74, 6) is 0.629. The fourth-order valence-electron chi connectivity index (χ4n) is 3.73. The summed E-state index contributed by atoms with van der Waals surface area (Å²) in [6.07, 6.45) is 3.98. The molecular weight excluding hydrogens is 379 g/mol. The van der Waals surface area contributed by atoms with E-state index < -0.39 is 0 Å². The molecule has 2 aromatic rings.